The fourth-order valence-electron chi connectivity index (χ4n) is 3.53. The number of carbonyl (C=O) groups excluding carboxylic acids is 2. The van der Waals surface area contributed by atoms with Gasteiger partial charge in [0.05, 0.1) is 12.3 Å². The maximum atomic E-state index is 14.9. The third-order valence-corrected chi connectivity index (χ3v) is 5.41. The Kier molecular flexibility index (Phi) is 8.54. The van der Waals surface area contributed by atoms with E-state index < -0.39 is 17.7 Å². The normalized spacial score (nSPS) is 10.9. The van der Waals surface area contributed by atoms with Crippen LogP contribution >= 0.6 is 0 Å². The van der Waals surface area contributed by atoms with E-state index in [0.29, 0.717) is 16.7 Å². The molecule has 0 saturated carbocycles. The molecule has 2 aromatic carbocycles. The van der Waals surface area contributed by atoms with Gasteiger partial charge in [-0.2, -0.15) is 13.8 Å². The number of pyridine rings is 1. The number of halogens is 3. The SMILES string of the molecule is CCC(=O)N(CCOC)c1ccc(-c2ccc(C(=O)CCc3ccc(F)nc3F)cc2)cc1F. The first-order chi connectivity index (χ1) is 16.3. The van der Waals surface area contributed by atoms with E-state index in [-0.39, 0.29) is 55.4 Å². The molecular formula is C26H25F3N2O3. The summed E-state index contributed by atoms with van der Waals surface area (Å²) in [5.41, 5.74) is 2.07. The Hall–Kier alpha value is -3.52. The summed E-state index contributed by atoms with van der Waals surface area (Å²) in [5.74, 6) is -2.78. The summed E-state index contributed by atoms with van der Waals surface area (Å²) in [7, 11) is 1.51. The van der Waals surface area contributed by atoms with Gasteiger partial charge in [-0.15, -0.1) is 0 Å². The summed E-state index contributed by atoms with van der Waals surface area (Å²) >= 11 is 0. The lowest BCUT2D eigenvalue weighted by Crippen LogP contribution is -2.34. The molecule has 0 bridgehead atoms. The third kappa shape index (κ3) is 6.08. The number of amides is 1. The fraction of sp³-hybridized carbons (Fsp3) is 0.269. The van der Waals surface area contributed by atoms with Crippen molar-refractivity contribution >= 4 is 17.4 Å². The van der Waals surface area contributed by atoms with Crippen LogP contribution in [-0.2, 0) is 16.0 Å². The molecular weight excluding hydrogens is 445 g/mol. The van der Waals surface area contributed by atoms with Crippen LogP contribution in [0, 0.1) is 17.7 Å². The monoisotopic (exact) mass is 470 g/mol. The van der Waals surface area contributed by atoms with Crippen molar-refractivity contribution in [3.8, 4) is 11.1 Å². The summed E-state index contributed by atoms with van der Waals surface area (Å²) in [6.07, 6.45) is 0.378. The zero-order valence-corrected chi connectivity index (χ0v) is 19.0. The molecule has 0 atom stereocenters. The van der Waals surface area contributed by atoms with E-state index in [2.05, 4.69) is 4.98 Å². The van der Waals surface area contributed by atoms with Gasteiger partial charge in [-0.05, 0) is 41.8 Å². The number of hydrogen-bond donors (Lipinski definition) is 0. The minimum Gasteiger partial charge on any atom is -0.383 e. The highest BCUT2D eigenvalue weighted by Crippen LogP contribution is 2.27. The molecule has 1 amide bonds. The Bertz CT molecular complexity index is 1170. The third-order valence-electron chi connectivity index (χ3n) is 5.41. The van der Waals surface area contributed by atoms with Crippen molar-refractivity contribution in [1.82, 2.24) is 4.98 Å². The smallest absolute Gasteiger partial charge is 0.226 e. The second-order valence-electron chi connectivity index (χ2n) is 7.64. The number of ketones is 1. The number of aromatic nitrogens is 1. The number of anilines is 1. The molecule has 0 unspecified atom stereocenters. The van der Waals surface area contributed by atoms with Crippen LogP contribution in [-0.4, -0.2) is 36.9 Å². The average molecular weight is 470 g/mol. The molecule has 0 N–H and O–H groups in total. The van der Waals surface area contributed by atoms with Crippen molar-refractivity contribution in [3.05, 3.63) is 83.4 Å². The predicted octanol–water partition coefficient (Wildman–Crippen LogP) is 5.37. The zero-order valence-electron chi connectivity index (χ0n) is 19.0. The van der Waals surface area contributed by atoms with Crippen LogP contribution in [0.15, 0.2) is 54.6 Å². The lowest BCUT2D eigenvalue weighted by atomic mass is 9.99. The summed E-state index contributed by atoms with van der Waals surface area (Å²) in [4.78, 5) is 29.2. The fourth-order valence-corrected chi connectivity index (χ4v) is 3.53. The standard InChI is InChI=1S/C26H25F3N2O3/c1-3-25(33)31(14-15-34-2)22-11-8-20(16-21(22)27)17-4-6-18(7-5-17)23(32)12-9-19-10-13-24(28)30-26(19)29/h4-8,10-11,13,16H,3,9,12,14-15H2,1-2H3. The van der Waals surface area contributed by atoms with Crippen molar-refractivity contribution in [3.63, 3.8) is 0 Å². The quantitative estimate of drug-likeness (QED) is 0.295. The maximum absolute atomic E-state index is 14.9. The predicted molar refractivity (Wildman–Crippen MR) is 123 cm³/mol. The number of hydrogen-bond acceptors (Lipinski definition) is 4. The molecule has 0 fully saturated rings. The molecule has 34 heavy (non-hydrogen) atoms. The number of Topliss-reactive ketones (excluding diaryl/α,β-unsaturated/α-hetero) is 1. The topological polar surface area (TPSA) is 59.5 Å². The molecule has 0 aliphatic rings. The van der Waals surface area contributed by atoms with Crippen LogP contribution in [0.2, 0.25) is 0 Å². The summed E-state index contributed by atoms with van der Waals surface area (Å²) < 4.78 is 46.5. The van der Waals surface area contributed by atoms with Crippen LogP contribution < -0.4 is 4.90 Å². The molecule has 3 aromatic rings. The number of nitrogens with zero attached hydrogens (tertiary/aromatic N) is 2. The number of benzene rings is 2. The molecule has 5 nitrogen and oxygen atoms in total. The molecule has 0 aliphatic carbocycles. The number of ether oxygens (including phenoxy) is 1. The number of carbonyl (C=O) groups is 2. The molecule has 0 radical (unpaired) electrons. The first-order valence-electron chi connectivity index (χ1n) is 10.9. The van der Waals surface area contributed by atoms with Gasteiger partial charge in [0.15, 0.2) is 5.78 Å². The highest BCUT2D eigenvalue weighted by Gasteiger charge is 2.18. The highest BCUT2D eigenvalue weighted by molar-refractivity contribution is 5.96. The van der Waals surface area contributed by atoms with Crippen LogP contribution in [0.5, 0.6) is 0 Å². The first-order valence-corrected chi connectivity index (χ1v) is 10.9. The van der Waals surface area contributed by atoms with Gasteiger partial charge in [0.25, 0.3) is 0 Å². The van der Waals surface area contributed by atoms with Crippen LogP contribution in [0.3, 0.4) is 0 Å². The minimum absolute atomic E-state index is 0.0374. The second-order valence-corrected chi connectivity index (χ2v) is 7.64. The van der Waals surface area contributed by atoms with E-state index in [1.165, 1.54) is 24.1 Å². The van der Waals surface area contributed by atoms with E-state index in [4.69, 9.17) is 4.74 Å². The van der Waals surface area contributed by atoms with Gasteiger partial charge in [0, 0.05) is 37.6 Å². The number of rotatable bonds is 10. The molecule has 0 saturated heterocycles. The molecule has 0 spiro atoms. The van der Waals surface area contributed by atoms with Crippen molar-refractivity contribution in [2.24, 2.45) is 0 Å². The Morgan fingerprint density at radius 2 is 1.68 bits per heavy atom. The Balaban J connectivity index is 1.71. The van der Waals surface area contributed by atoms with Crippen molar-refractivity contribution in [2.45, 2.75) is 26.2 Å². The van der Waals surface area contributed by atoms with E-state index in [1.54, 1.807) is 43.3 Å². The largest absolute Gasteiger partial charge is 0.383 e. The van der Waals surface area contributed by atoms with E-state index >= 15 is 0 Å². The van der Waals surface area contributed by atoms with E-state index in [0.717, 1.165) is 6.07 Å². The van der Waals surface area contributed by atoms with Crippen LogP contribution in [0.4, 0.5) is 18.9 Å². The van der Waals surface area contributed by atoms with Gasteiger partial charge in [-0.3, -0.25) is 9.59 Å². The van der Waals surface area contributed by atoms with Crippen LogP contribution in [0.1, 0.15) is 35.7 Å². The minimum atomic E-state index is -0.921. The summed E-state index contributed by atoms with van der Waals surface area (Å²) in [6.45, 7) is 2.24. The number of methoxy groups -OCH3 is 1. The van der Waals surface area contributed by atoms with Crippen molar-refractivity contribution in [1.29, 1.82) is 0 Å². The van der Waals surface area contributed by atoms with Gasteiger partial charge >= 0.3 is 0 Å². The van der Waals surface area contributed by atoms with Gasteiger partial charge < -0.3 is 9.64 Å². The van der Waals surface area contributed by atoms with Crippen LogP contribution in [0.25, 0.3) is 11.1 Å². The second kappa shape index (κ2) is 11.6. The Morgan fingerprint density at radius 3 is 2.29 bits per heavy atom. The summed E-state index contributed by atoms with van der Waals surface area (Å²) in [6, 6.07) is 13.6. The molecule has 3 rings (SSSR count). The van der Waals surface area contributed by atoms with Crippen molar-refractivity contribution in [2.75, 3.05) is 25.2 Å². The average Bonchev–Trinajstić information content (AvgIpc) is 2.84. The first kappa shape index (κ1) is 25.1. The molecule has 178 valence electrons. The van der Waals surface area contributed by atoms with Gasteiger partial charge in [0.1, 0.15) is 5.82 Å². The lowest BCUT2D eigenvalue weighted by molar-refractivity contribution is -0.118. The van der Waals surface area contributed by atoms with E-state index in [9.17, 15) is 22.8 Å². The Morgan fingerprint density at radius 1 is 0.971 bits per heavy atom. The molecule has 1 aromatic heterocycles. The number of aryl methyl sites for hydroxylation is 1. The summed E-state index contributed by atoms with van der Waals surface area (Å²) in [5, 5.41) is 0. The molecule has 1 heterocycles. The molecule has 0 aliphatic heterocycles. The lowest BCUT2D eigenvalue weighted by Gasteiger charge is -2.23. The zero-order chi connectivity index (χ0) is 24.7. The molecule has 8 heteroatoms. The van der Waals surface area contributed by atoms with Gasteiger partial charge in [-0.1, -0.05) is 37.3 Å². The van der Waals surface area contributed by atoms with E-state index in [1.807, 2.05) is 0 Å². The van der Waals surface area contributed by atoms with Gasteiger partial charge in [-0.25, -0.2) is 4.39 Å². The van der Waals surface area contributed by atoms with Gasteiger partial charge in [0.2, 0.25) is 17.8 Å². The Labute approximate surface area is 196 Å². The van der Waals surface area contributed by atoms with Crippen molar-refractivity contribution < 1.29 is 27.5 Å². The maximum Gasteiger partial charge on any atom is 0.226 e. The highest BCUT2D eigenvalue weighted by atomic mass is 19.1.